The topological polar surface area (TPSA) is 41.9 Å². The monoisotopic (exact) mass is 232 g/mol. The van der Waals surface area contributed by atoms with Crippen LogP contribution >= 0.6 is 0 Å². The molecule has 17 heavy (non-hydrogen) atoms. The zero-order valence-corrected chi connectivity index (χ0v) is 10.3. The molecule has 0 amide bonds. The smallest absolute Gasteiger partial charge is 0.332 e. The van der Waals surface area contributed by atoms with E-state index in [1.165, 1.54) is 13.2 Å². The molecule has 1 aromatic rings. The minimum absolute atomic E-state index is 0.385. The maximum Gasteiger partial charge on any atom is 0.332 e. The summed E-state index contributed by atoms with van der Waals surface area (Å²) in [6.45, 7) is 1.79. The van der Waals surface area contributed by atoms with Crippen LogP contribution in [0.25, 0.3) is 0 Å². The summed E-state index contributed by atoms with van der Waals surface area (Å²) in [6, 6.07) is 9.74. The lowest BCUT2D eigenvalue weighted by Crippen LogP contribution is -2.10. The molecular formula is C13H16N2O2. The van der Waals surface area contributed by atoms with Gasteiger partial charge in [0.15, 0.2) is 0 Å². The molecule has 90 valence electrons. The van der Waals surface area contributed by atoms with E-state index < -0.39 is 0 Å². The number of methoxy groups -OCH3 is 1. The molecule has 0 fully saturated rings. The van der Waals surface area contributed by atoms with Gasteiger partial charge in [-0.15, -0.1) is 0 Å². The van der Waals surface area contributed by atoms with Crippen LogP contribution in [-0.2, 0) is 9.53 Å². The molecule has 0 N–H and O–H groups in total. The van der Waals surface area contributed by atoms with Crippen LogP contribution in [0.2, 0.25) is 0 Å². The Morgan fingerprint density at radius 3 is 2.59 bits per heavy atom. The Hall–Kier alpha value is -2.10. The molecule has 0 spiro atoms. The summed E-state index contributed by atoms with van der Waals surface area (Å²) in [5.41, 5.74) is 1.72. The van der Waals surface area contributed by atoms with Crippen LogP contribution in [0.15, 0.2) is 47.2 Å². The third-order valence-corrected chi connectivity index (χ3v) is 2.22. The van der Waals surface area contributed by atoms with Crippen molar-refractivity contribution in [1.29, 1.82) is 0 Å². The van der Waals surface area contributed by atoms with Crippen LogP contribution < -0.4 is 0 Å². The fourth-order valence-electron chi connectivity index (χ4n) is 1.11. The summed E-state index contributed by atoms with van der Waals surface area (Å²) in [4.78, 5) is 11.0. The van der Waals surface area contributed by atoms with Gasteiger partial charge in [0, 0.05) is 18.8 Å². The predicted molar refractivity (Wildman–Crippen MR) is 67.6 cm³/mol. The van der Waals surface area contributed by atoms with Crippen molar-refractivity contribution < 1.29 is 9.53 Å². The second-order valence-electron chi connectivity index (χ2n) is 3.49. The predicted octanol–water partition coefficient (Wildman–Crippen LogP) is 2.03. The number of hydrogen-bond acceptors (Lipinski definition) is 4. The molecule has 4 heteroatoms. The zero-order valence-electron chi connectivity index (χ0n) is 10.3. The lowest BCUT2D eigenvalue weighted by molar-refractivity contribution is -0.134. The highest BCUT2D eigenvalue weighted by molar-refractivity contribution is 5.82. The zero-order chi connectivity index (χ0) is 12.7. The first-order chi connectivity index (χ1) is 8.13. The van der Waals surface area contributed by atoms with Gasteiger partial charge in [0.2, 0.25) is 0 Å². The highest BCUT2D eigenvalue weighted by Gasteiger charge is 2.00. The first-order valence-electron chi connectivity index (χ1n) is 5.22. The van der Waals surface area contributed by atoms with Crippen LogP contribution in [0.3, 0.4) is 0 Å². The Labute approximate surface area is 101 Å². The molecule has 0 atom stereocenters. The largest absolute Gasteiger partial charge is 0.466 e. The van der Waals surface area contributed by atoms with Gasteiger partial charge in [-0.3, -0.25) is 5.01 Å². The summed E-state index contributed by atoms with van der Waals surface area (Å²) in [5.74, 6) is -0.385. The molecule has 0 aliphatic heterocycles. The van der Waals surface area contributed by atoms with E-state index >= 15 is 0 Å². The molecule has 0 radical (unpaired) electrons. The normalized spacial score (nSPS) is 11.6. The summed E-state index contributed by atoms with van der Waals surface area (Å²) in [6.07, 6.45) is 3.12. The second-order valence-corrected chi connectivity index (χ2v) is 3.49. The second kappa shape index (κ2) is 6.48. The van der Waals surface area contributed by atoms with Gasteiger partial charge in [0.1, 0.15) is 0 Å². The SMILES string of the molecule is COC(=O)/C=C(\C)N(C)/N=C/c1ccccc1. The van der Waals surface area contributed by atoms with Gasteiger partial charge in [0.25, 0.3) is 0 Å². The van der Waals surface area contributed by atoms with Crippen molar-refractivity contribution in [2.24, 2.45) is 5.10 Å². The Kier molecular flexibility index (Phi) is 4.94. The molecule has 0 aliphatic rings. The van der Waals surface area contributed by atoms with Crippen molar-refractivity contribution in [3.63, 3.8) is 0 Å². The van der Waals surface area contributed by atoms with Gasteiger partial charge in [0.05, 0.1) is 13.3 Å². The molecule has 0 unspecified atom stereocenters. The van der Waals surface area contributed by atoms with E-state index in [0.717, 1.165) is 5.56 Å². The van der Waals surface area contributed by atoms with Crippen LogP contribution in [0, 0.1) is 0 Å². The van der Waals surface area contributed by atoms with Gasteiger partial charge < -0.3 is 4.74 Å². The van der Waals surface area contributed by atoms with Crippen molar-refractivity contribution in [2.75, 3.05) is 14.2 Å². The summed E-state index contributed by atoms with van der Waals surface area (Å²) in [7, 11) is 3.12. The van der Waals surface area contributed by atoms with E-state index in [2.05, 4.69) is 9.84 Å². The van der Waals surface area contributed by atoms with Crippen molar-refractivity contribution in [3.8, 4) is 0 Å². The van der Waals surface area contributed by atoms with Crippen molar-refractivity contribution in [1.82, 2.24) is 5.01 Å². The lowest BCUT2D eigenvalue weighted by atomic mass is 10.2. The number of carbonyl (C=O) groups excluding carboxylic acids is 1. The molecule has 0 saturated heterocycles. The first-order valence-corrected chi connectivity index (χ1v) is 5.22. The molecule has 1 rings (SSSR count). The number of carbonyl (C=O) groups is 1. The summed E-state index contributed by atoms with van der Waals surface area (Å²) >= 11 is 0. The minimum atomic E-state index is -0.385. The van der Waals surface area contributed by atoms with Gasteiger partial charge >= 0.3 is 5.97 Å². The molecule has 4 nitrogen and oxygen atoms in total. The highest BCUT2D eigenvalue weighted by Crippen LogP contribution is 2.02. The van der Waals surface area contributed by atoms with Crippen LogP contribution in [0.1, 0.15) is 12.5 Å². The van der Waals surface area contributed by atoms with E-state index in [0.29, 0.717) is 5.70 Å². The Morgan fingerprint density at radius 1 is 1.35 bits per heavy atom. The highest BCUT2D eigenvalue weighted by atomic mass is 16.5. The number of hydrogen-bond donors (Lipinski definition) is 0. The Morgan fingerprint density at radius 2 is 2.00 bits per heavy atom. The molecular weight excluding hydrogens is 216 g/mol. The lowest BCUT2D eigenvalue weighted by Gasteiger charge is -2.12. The third-order valence-electron chi connectivity index (χ3n) is 2.22. The fraction of sp³-hybridized carbons (Fsp3) is 0.231. The quantitative estimate of drug-likeness (QED) is 0.345. The first kappa shape index (κ1) is 13.0. The maximum atomic E-state index is 11.0. The maximum absolute atomic E-state index is 11.0. The molecule has 1 aromatic carbocycles. The number of benzene rings is 1. The van der Waals surface area contributed by atoms with E-state index in [9.17, 15) is 4.79 Å². The Bertz CT molecular complexity index is 424. The van der Waals surface area contributed by atoms with E-state index in [4.69, 9.17) is 0 Å². The standard InChI is InChI=1S/C13H16N2O2/c1-11(9-13(16)17-3)15(2)14-10-12-7-5-4-6-8-12/h4-10H,1-3H3/b11-9+,14-10+. The molecule has 0 saturated carbocycles. The van der Waals surface area contributed by atoms with Crippen LogP contribution in [-0.4, -0.2) is 31.4 Å². The molecule has 0 aromatic heterocycles. The third kappa shape index (κ3) is 4.51. The fourth-order valence-corrected chi connectivity index (χ4v) is 1.11. The van der Waals surface area contributed by atoms with E-state index in [-0.39, 0.29) is 5.97 Å². The average molecular weight is 232 g/mol. The van der Waals surface area contributed by atoms with Gasteiger partial charge in [-0.2, -0.15) is 5.10 Å². The van der Waals surface area contributed by atoms with E-state index in [1.807, 2.05) is 30.3 Å². The summed E-state index contributed by atoms with van der Waals surface area (Å²) in [5, 5.41) is 5.83. The van der Waals surface area contributed by atoms with Crippen LogP contribution in [0.5, 0.6) is 0 Å². The van der Waals surface area contributed by atoms with Crippen molar-refractivity contribution >= 4 is 12.2 Å². The number of esters is 1. The minimum Gasteiger partial charge on any atom is -0.466 e. The van der Waals surface area contributed by atoms with Gasteiger partial charge in [-0.05, 0) is 12.5 Å². The van der Waals surface area contributed by atoms with E-state index in [1.54, 1.807) is 25.2 Å². The number of ether oxygens (including phenoxy) is 1. The number of rotatable bonds is 4. The van der Waals surface area contributed by atoms with Gasteiger partial charge in [-0.25, -0.2) is 4.79 Å². The van der Waals surface area contributed by atoms with Crippen molar-refractivity contribution in [2.45, 2.75) is 6.92 Å². The number of hydrazone groups is 1. The number of nitrogens with zero attached hydrogens (tertiary/aromatic N) is 2. The summed E-state index contributed by atoms with van der Waals surface area (Å²) < 4.78 is 4.54. The van der Waals surface area contributed by atoms with Crippen molar-refractivity contribution in [3.05, 3.63) is 47.7 Å². The number of allylic oxidation sites excluding steroid dienone is 1. The van der Waals surface area contributed by atoms with Gasteiger partial charge in [-0.1, -0.05) is 30.3 Å². The van der Waals surface area contributed by atoms with Crippen LogP contribution in [0.4, 0.5) is 0 Å². The average Bonchev–Trinajstić information content (AvgIpc) is 2.36. The molecule has 0 heterocycles. The molecule has 0 aliphatic carbocycles. The molecule has 0 bridgehead atoms. The Balaban J connectivity index is 2.66.